The first-order valence-corrected chi connectivity index (χ1v) is 11.7. The van der Waals surface area contributed by atoms with Crippen molar-refractivity contribution >= 4 is 40.2 Å². The van der Waals surface area contributed by atoms with Gasteiger partial charge in [-0.05, 0) is 43.8 Å². The zero-order chi connectivity index (χ0) is 23.7. The summed E-state index contributed by atoms with van der Waals surface area (Å²) >= 11 is 0. The van der Waals surface area contributed by atoms with Gasteiger partial charge in [-0.3, -0.25) is 4.79 Å². The Bertz CT molecular complexity index is 1180. The van der Waals surface area contributed by atoms with Gasteiger partial charge in [-0.2, -0.15) is 9.97 Å². The molecule has 2 aliphatic rings. The highest BCUT2D eigenvalue weighted by Crippen LogP contribution is 2.28. The molecule has 0 bridgehead atoms. The third kappa shape index (κ3) is 4.54. The summed E-state index contributed by atoms with van der Waals surface area (Å²) in [5, 5.41) is 6.42. The number of hydrogen-bond donors (Lipinski definition) is 2. The molecule has 0 aliphatic carbocycles. The van der Waals surface area contributed by atoms with Crippen molar-refractivity contribution in [3.8, 4) is 0 Å². The summed E-state index contributed by atoms with van der Waals surface area (Å²) in [4.78, 5) is 32.7. The van der Waals surface area contributed by atoms with Crippen molar-refractivity contribution in [3.63, 3.8) is 0 Å². The lowest BCUT2D eigenvalue weighted by molar-refractivity contribution is -0.117. The number of piperazine rings is 1. The topological polar surface area (TPSA) is 94.5 Å². The number of imidazole rings is 1. The Balaban J connectivity index is 1.36. The largest absolute Gasteiger partial charge is 0.369 e. The fraction of sp³-hybridized carbons (Fsp3) is 0.417. The maximum absolute atomic E-state index is 11.7. The molecule has 1 amide bonds. The second-order valence-electron chi connectivity index (χ2n) is 9.01. The van der Waals surface area contributed by atoms with Gasteiger partial charge in [0.1, 0.15) is 0 Å². The first kappa shape index (κ1) is 22.1. The van der Waals surface area contributed by atoms with Crippen LogP contribution in [0.25, 0.3) is 11.2 Å². The van der Waals surface area contributed by atoms with Crippen LogP contribution < -0.4 is 20.4 Å². The fourth-order valence-corrected chi connectivity index (χ4v) is 4.50. The summed E-state index contributed by atoms with van der Waals surface area (Å²) in [7, 11) is 4.09. The van der Waals surface area contributed by atoms with Gasteiger partial charge < -0.3 is 29.9 Å². The SMILES string of the molecule is C=CC(=O)N[C@H]1CCN(c2nc(Nc3ccc(N4CCN(C)CC4)cc3)c3ncn(C)c3n2)C1. The number of anilines is 4. The third-order valence-electron chi connectivity index (χ3n) is 6.55. The van der Waals surface area contributed by atoms with Gasteiger partial charge in [-0.1, -0.05) is 6.58 Å². The van der Waals surface area contributed by atoms with Crippen molar-refractivity contribution in [1.29, 1.82) is 0 Å². The van der Waals surface area contributed by atoms with Crippen molar-refractivity contribution in [3.05, 3.63) is 43.2 Å². The van der Waals surface area contributed by atoms with Gasteiger partial charge in [-0.15, -0.1) is 0 Å². The smallest absolute Gasteiger partial charge is 0.243 e. The molecule has 2 aromatic heterocycles. The number of nitrogens with zero attached hydrogens (tertiary/aromatic N) is 7. The predicted octanol–water partition coefficient (Wildman–Crippen LogP) is 1.74. The molecule has 1 aromatic carbocycles. The molecule has 4 heterocycles. The van der Waals surface area contributed by atoms with Crippen molar-refractivity contribution in [2.75, 3.05) is 61.4 Å². The number of amides is 1. The summed E-state index contributed by atoms with van der Waals surface area (Å²) in [5.74, 6) is 1.15. The fourth-order valence-electron chi connectivity index (χ4n) is 4.50. The summed E-state index contributed by atoms with van der Waals surface area (Å²) in [5.41, 5.74) is 3.67. The van der Waals surface area contributed by atoms with Gasteiger partial charge in [0.15, 0.2) is 17.0 Å². The van der Waals surface area contributed by atoms with E-state index in [2.05, 4.69) is 68.2 Å². The molecule has 10 heteroatoms. The number of benzene rings is 1. The Hall–Kier alpha value is -3.66. The average molecular weight is 462 g/mol. The van der Waals surface area contributed by atoms with Crippen molar-refractivity contribution in [2.24, 2.45) is 7.05 Å². The number of likely N-dealkylation sites (N-methyl/N-ethyl adjacent to an activating group) is 1. The average Bonchev–Trinajstić information content (AvgIpc) is 3.47. The monoisotopic (exact) mass is 461 g/mol. The van der Waals surface area contributed by atoms with E-state index in [0.717, 1.165) is 56.0 Å². The van der Waals surface area contributed by atoms with Crippen molar-refractivity contribution < 1.29 is 4.79 Å². The molecular formula is C24H31N9O. The molecule has 0 saturated carbocycles. The summed E-state index contributed by atoms with van der Waals surface area (Å²) in [6.45, 7) is 9.19. The van der Waals surface area contributed by atoms with Crippen LogP contribution in [-0.4, -0.2) is 82.7 Å². The van der Waals surface area contributed by atoms with E-state index < -0.39 is 0 Å². The molecule has 2 aliphatic heterocycles. The van der Waals surface area contributed by atoms with Crippen LogP contribution in [0.15, 0.2) is 43.2 Å². The van der Waals surface area contributed by atoms with Crippen LogP contribution in [0.4, 0.5) is 23.1 Å². The first-order valence-electron chi connectivity index (χ1n) is 11.7. The highest BCUT2D eigenvalue weighted by Gasteiger charge is 2.26. The molecular weight excluding hydrogens is 430 g/mol. The first-order chi connectivity index (χ1) is 16.5. The number of fused-ring (bicyclic) bond motifs is 1. The number of aromatic nitrogens is 4. The van der Waals surface area contributed by atoms with Gasteiger partial charge in [-0.25, -0.2) is 4.98 Å². The molecule has 2 fully saturated rings. The van der Waals surface area contributed by atoms with E-state index in [1.54, 1.807) is 6.33 Å². The lowest BCUT2D eigenvalue weighted by Gasteiger charge is -2.34. The van der Waals surface area contributed by atoms with Crippen molar-refractivity contribution in [1.82, 2.24) is 29.7 Å². The summed E-state index contributed by atoms with van der Waals surface area (Å²) in [6.07, 6.45) is 3.89. The quantitative estimate of drug-likeness (QED) is 0.536. The summed E-state index contributed by atoms with van der Waals surface area (Å²) in [6, 6.07) is 8.52. The number of carbonyl (C=O) groups excluding carboxylic acids is 1. The van der Waals surface area contributed by atoms with E-state index in [1.165, 1.54) is 11.8 Å². The molecule has 2 saturated heterocycles. The van der Waals surface area contributed by atoms with Gasteiger partial charge in [0.2, 0.25) is 11.9 Å². The van der Waals surface area contributed by atoms with Gasteiger partial charge in [0.25, 0.3) is 0 Å². The van der Waals surface area contributed by atoms with E-state index in [1.807, 2.05) is 11.6 Å². The van der Waals surface area contributed by atoms with E-state index in [4.69, 9.17) is 9.97 Å². The minimum Gasteiger partial charge on any atom is -0.369 e. The second-order valence-corrected chi connectivity index (χ2v) is 9.01. The Morgan fingerprint density at radius 1 is 1.06 bits per heavy atom. The number of nitrogens with one attached hydrogen (secondary N) is 2. The molecule has 0 radical (unpaired) electrons. The Morgan fingerprint density at radius 2 is 1.82 bits per heavy atom. The van der Waals surface area contributed by atoms with E-state index in [-0.39, 0.29) is 11.9 Å². The van der Waals surface area contributed by atoms with Crippen LogP contribution in [-0.2, 0) is 11.8 Å². The maximum Gasteiger partial charge on any atom is 0.243 e. The van der Waals surface area contributed by atoms with Crippen LogP contribution in [0.5, 0.6) is 0 Å². The molecule has 0 spiro atoms. The van der Waals surface area contributed by atoms with Crippen molar-refractivity contribution in [2.45, 2.75) is 12.5 Å². The number of rotatable bonds is 6. The highest BCUT2D eigenvalue weighted by molar-refractivity contribution is 5.88. The maximum atomic E-state index is 11.7. The molecule has 0 unspecified atom stereocenters. The van der Waals surface area contributed by atoms with Crippen LogP contribution in [0.3, 0.4) is 0 Å². The Morgan fingerprint density at radius 3 is 2.56 bits per heavy atom. The number of hydrogen-bond acceptors (Lipinski definition) is 8. The molecule has 1 atom stereocenters. The molecule has 2 N–H and O–H groups in total. The third-order valence-corrected chi connectivity index (χ3v) is 6.55. The highest BCUT2D eigenvalue weighted by atomic mass is 16.1. The molecule has 34 heavy (non-hydrogen) atoms. The van der Waals surface area contributed by atoms with E-state index >= 15 is 0 Å². The molecule has 10 nitrogen and oxygen atoms in total. The van der Waals surface area contributed by atoms with E-state index in [0.29, 0.717) is 18.3 Å². The van der Waals surface area contributed by atoms with E-state index in [9.17, 15) is 4.79 Å². The molecule has 5 rings (SSSR count). The number of carbonyl (C=O) groups is 1. The normalized spacial score (nSPS) is 18.9. The second kappa shape index (κ2) is 9.30. The van der Waals surface area contributed by atoms with Gasteiger partial charge >= 0.3 is 0 Å². The predicted molar refractivity (Wildman–Crippen MR) is 135 cm³/mol. The zero-order valence-corrected chi connectivity index (χ0v) is 19.7. The Labute approximate surface area is 199 Å². The minimum atomic E-state index is -0.155. The summed E-state index contributed by atoms with van der Waals surface area (Å²) < 4.78 is 1.90. The van der Waals surface area contributed by atoms with Crippen LogP contribution in [0, 0.1) is 0 Å². The lowest BCUT2D eigenvalue weighted by Crippen LogP contribution is -2.44. The standard InChI is InChI=1S/C24H31N9O/c1-4-20(34)26-18-9-10-33(15-18)24-28-22(21-23(29-24)31(3)16-25-21)27-17-5-7-19(8-6-17)32-13-11-30(2)12-14-32/h4-8,16,18H,1,9-15H2,2-3H3,(H,26,34)(H,27,28,29)/t18-/m0/s1. The van der Waals surface area contributed by atoms with Crippen LogP contribution in [0.2, 0.25) is 0 Å². The minimum absolute atomic E-state index is 0.0508. The lowest BCUT2D eigenvalue weighted by atomic mass is 10.2. The van der Waals surface area contributed by atoms with Crippen LogP contribution >= 0.6 is 0 Å². The zero-order valence-electron chi connectivity index (χ0n) is 19.7. The van der Waals surface area contributed by atoms with Crippen LogP contribution in [0.1, 0.15) is 6.42 Å². The Kier molecular flexibility index (Phi) is 6.06. The number of aryl methyl sites for hydroxylation is 1. The molecule has 178 valence electrons. The van der Waals surface area contributed by atoms with Gasteiger partial charge in [0, 0.05) is 63.7 Å². The van der Waals surface area contributed by atoms with Gasteiger partial charge in [0.05, 0.1) is 6.33 Å². The molecule has 3 aromatic rings.